The van der Waals surface area contributed by atoms with Crippen molar-refractivity contribution in [1.29, 1.82) is 0 Å². The Labute approximate surface area is 152 Å². The summed E-state index contributed by atoms with van der Waals surface area (Å²) in [4.78, 5) is 0. The van der Waals surface area contributed by atoms with Gasteiger partial charge in [0, 0.05) is 5.10 Å². The van der Waals surface area contributed by atoms with Crippen LogP contribution in [0.25, 0.3) is 5.69 Å². The monoisotopic (exact) mass is 421 g/mol. The Morgan fingerprint density at radius 2 is 1.46 bits per heavy atom. The summed E-state index contributed by atoms with van der Waals surface area (Å²) < 4.78 is 114. The first-order valence-corrected chi connectivity index (χ1v) is 7.79. The summed E-state index contributed by atoms with van der Waals surface area (Å²) in [6.07, 6.45) is 1.22. The van der Waals surface area contributed by atoms with Gasteiger partial charge in [0.25, 0.3) is 0 Å². The molecule has 0 spiro atoms. The maximum Gasteiger partial charge on any atom is 0.673 e. The van der Waals surface area contributed by atoms with E-state index >= 15 is 0 Å². The highest BCUT2D eigenvalue weighted by atomic mass is 19.5. The summed E-state index contributed by atoms with van der Waals surface area (Å²) in [7, 11) is -6.00. The lowest BCUT2D eigenvalue weighted by Crippen LogP contribution is -2.49. The highest BCUT2D eigenvalue weighted by Crippen LogP contribution is 2.26. The highest BCUT2D eigenvalue weighted by molar-refractivity contribution is 6.50. The second kappa shape index (κ2) is 8.01. The van der Waals surface area contributed by atoms with Gasteiger partial charge in [0.05, 0.1) is 6.61 Å². The third-order valence-electron chi connectivity index (χ3n) is 3.82. The van der Waals surface area contributed by atoms with Crippen LogP contribution in [0, 0.1) is 35.0 Å². The third kappa shape index (κ3) is 4.59. The zero-order valence-corrected chi connectivity index (χ0v) is 14.4. The summed E-state index contributed by atoms with van der Waals surface area (Å²) in [6, 6.07) is -0.145. The standard InChI is InChI=1S/C14H13F5N3O.BF4/c1-6(2)7-3-23-4-8-20-22(5-21(7)8)14-12(18)10(16)9(15)11(17)13(14)19;2-1(3,4)5/h5-7H,3-4H2,1-2H3;/q+1;-1. The topological polar surface area (TPSA) is 30.9 Å². The normalized spacial score (nSPS) is 16.6. The molecule has 1 aliphatic heterocycles. The van der Waals surface area contributed by atoms with Gasteiger partial charge in [-0.25, -0.2) is 17.7 Å². The molecule has 2 heterocycles. The quantitative estimate of drug-likeness (QED) is 0.242. The van der Waals surface area contributed by atoms with E-state index in [1.807, 2.05) is 13.8 Å². The van der Waals surface area contributed by atoms with E-state index in [-0.39, 0.29) is 18.6 Å². The number of rotatable bonds is 2. The van der Waals surface area contributed by atoms with Crippen molar-refractivity contribution in [3.05, 3.63) is 41.2 Å². The number of benzene rings is 1. The van der Waals surface area contributed by atoms with Crippen molar-refractivity contribution in [2.45, 2.75) is 26.5 Å². The first-order valence-electron chi connectivity index (χ1n) is 7.79. The fraction of sp³-hybridized carbons (Fsp3) is 0.429. The Bertz CT molecular complexity index is 834. The average Bonchev–Trinajstić information content (AvgIpc) is 3.00. The molecular formula is C14H13BF9N3O. The van der Waals surface area contributed by atoms with Crippen LogP contribution in [0.15, 0.2) is 6.33 Å². The van der Waals surface area contributed by atoms with Crippen LogP contribution in [0.4, 0.5) is 39.2 Å². The lowest BCUT2D eigenvalue weighted by atomic mass is 10.0. The first kappa shape index (κ1) is 22.0. The van der Waals surface area contributed by atoms with Crippen LogP contribution in [0.2, 0.25) is 0 Å². The van der Waals surface area contributed by atoms with E-state index in [4.69, 9.17) is 4.74 Å². The van der Waals surface area contributed by atoms with E-state index in [2.05, 4.69) is 5.10 Å². The van der Waals surface area contributed by atoms with Gasteiger partial charge in [-0.15, -0.1) is 0 Å². The van der Waals surface area contributed by atoms with E-state index in [0.29, 0.717) is 17.1 Å². The fourth-order valence-corrected chi connectivity index (χ4v) is 2.53. The molecule has 1 atom stereocenters. The molecule has 1 unspecified atom stereocenters. The number of aromatic nitrogens is 3. The molecule has 156 valence electrons. The van der Waals surface area contributed by atoms with E-state index in [1.165, 1.54) is 6.33 Å². The van der Waals surface area contributed by atoms with Crippen molar-refractivity contribution >= 4 is 7.25 Å². The van der Waals surface area contributed by atoms with Crippen molar-refractivity contribution < 1.29 is 48.5 Å². The van der Waals surface area contributed by atoms with Gasteiger partial charge in [0.2, 0.25) is 41.1 Å². The fourth-order valence-electron chi connectivity index (χ4n) is 2.53. The first-order chi connectivity index (χ1) is 12.8. The van der Waals surface area contributed by atoms with Crippen molar-refractivity contribution in [1.82, 2.24) is 9.78 Å². The maximum atomic E-state index is 13.9. The van der Waals surface area contributed by atoms with Gasteiger partial charge in [0.15, 0.2) is 0 Å². The molecule has 0 saturated heterocycles. The minimum atomic E-state index is -6.00. The molecule has 0 saturated carbocycles. The van der Waals surface area contributed by atoms with Gasteiger partial charge in [-0.1, -0.05) is 18.5 Å². The van der Waals surface area contributed by atoms with Crippen molar-refractivity contribution in [3.8, 4) is 5.69 Å². The number of hydrogen-bond acceptors (Lipinski definition) is 2. The lowest BCUT2D eigenvalue weighted by molar-refractivity contribution is -0.749. The zero-order chi connectivity index (χ0) is 21.4. The van der Waals surface area contributed by atoms with Gasteiger partial charge in [0.1, 0.15) is 12.6 Å². The Morgan fingerprint density at radius 3 is 1.93 bits per heavy atom. The summed E-state index contributed by atoms with van der Waals surface area (Å²) in [5.41, 5.74) is -1.11. The number of ether oxygens (including phenoxy) is 1. The van der Waals surface area contributed by atoms with Crippen LogP contribution < -0.4 is 4.57 Å². The van der Waals surface area contributed by atoms with Gasteiger partial charge in [-0.2, -0.15) is 8.78 Å². The van der Waals surface area contributed by atoms with Crippen molar-refractivity contribution in [3.63, 3.8) is 0 Å². The van der Waals surface area contributed by atoms with Crippen LogP contribution in [0.3, 0.4) is 0 Å². The van der Waals surface area contributed by atoms with E-state index in [1.54, 1.807) is 4.57 Å². The van der Waals surface area contributed by atoms with Crippen LogP contribution in [-0.2, 0) is 11.3 Å². The summed E-state index contributed by atoms with van der Waals surface area (Å²) in [5.74, 6) is -9.58. The Balaban J connectivity index is 0.000000500. The van der Waals surface area contributed by atoms with Crippen LogP contribution in [0.1, 0.15) is 25.7 Å². The molecule has 0 bridgehead atoms. The molecule has 4 nitrogen and oxygen atoms in total. The summed E-state index contributed by atoms with van der Waals surface area (Å²) in [5, 5.41) is 3.91. The molecule has 28 heavy (non-hydrogen) atoms. The predicted octanol–water partition coefficient (Wildman–Crippen LogP) is 3.88. The van der Waals surface area contributed by atoms with Crippen molar-refractivity contribution in [2.75, 3.05) is 6.61 Å². The lowest BCUT2D eigenvalue weighted by Gasteiger charge is -2.22. The molecule has 3 rings (SSSR count). The second-order valence-electron chi connectivity index (χ2n) is 6.12. The molecule has 1 aliphatic rings. The number of halogens is 9. The minimum absolute atomic E-state index is 0.0889. The molecule has 14 heteroatoms. The molecule has 0 N–H and O–H groups in total. The van der Waals surface area contributed by atoms with E-state index < -0.39 is 42.0 Å². The average molecular weight is 421 g/mol. The Morgan fingerprint density at radius 1 is 1.00 bits per heavy atom. The maximum absolute atomic E-state index is 13.9. The van der Waals surface area contributed by atoms with Crippen LogP contribution in [0.5, 0.6) is 0 Å². The molecule has 0 amide bonds. The zero-order valence-electron chi connectivity index (χ0n) is 14.4. The van der Waals surface area contributed by atoms with Gasteiger partial charge >= 0.3 is 13.1 Å². The molecule has 1 aromatic carbocycles. The highest BCUT2D eigenvalue weighted by Gasteiger charge is 2.36. The molecule has 0 aliphatic carbocycles. The summed E-state index contributed by atoms with van der Waals surface area (Å²) >= 11 is 0. The smallest absolute Gasteiger partial charge is 0.418 e. The molecule has 2 aromatic rings. The third-order valence-corrected chi connectivity index (χ3v) is 3.82. The predicted molar refractivity (Wildman–Crippen MR) is 77.3 cm³/mol. The Kier molecular flexibility index (Phi) is 6.31. The van der Waals surface area contributed by atoms with Gasteiger partial charge in [-0.3, -0.25) is 0 Å². The second-order valence-corrected chi connectivity index (χ2v) is 6.12. The minimum Gasteiger partial charge on any atom is -0.418 e. The van der Waals surface area contributed by atoms with Crippen molar-refractivity contribution in [2.24, 2.45) is 5.92 Å². The van der Waals surface area contributed by atoms with Crippen LogP contribution >= 0.6 is 0 Å². The number of fused-ring (bicyclic) bond motifs is 1. The number of hydrogen-bond donors (Lipinski definition) is 0. The largest absolute Gasteiger partial charge is 0.673 e. The molecular weight excluding hydrogens is 408 g/mol. The van der Waals surface area contributed by atoms with E-state index in [0.717, 1.165) is 0 Å². The molecule has 0 fully saturated rings. The van der Waals surface area contributed by atoms with Crippen LogP contribution in [-0.4, -0.2) is 23.6 Å². The van der Waals surface area contributed by atoms with E-state index in [9.17, 15) is 39.2 Å². The number of nitrogens with zero attached hydrogens (tertiary/aromatic N) is 3. The Hall–Kier alpha value is -2.25. The molecule has 1 aromatic heterocycles. The SMILES string of the molecule is CC(C)C1COCc2nn(-c3c(F)c(F)c(F)c(F)c3F)c[n+]21.F[B-](F)(F)F. The summed E-state index contributed by atoms with van der Waals surface area (Å²) in [6.45, 7) is 4.31. The molecule has 0 radical (unpaired) electrons. The van der Waals surface area contributed by atoms with Gasteiger partial charge < -0.3 is 22.0 Å². The van der Waals surface area contributed by atoms with Gasteiger partial charge in [-0.05, 0) is 5.92 Å².